The van der Waals surface area contributed by atoms with E-state index < -0.39 is 17.4 Å². The zero-order valence-corrected chi connectivity index (χ0v) is 11.8. The molecule has 2 nitrogen and oxygen atoms in total. The van der Waals surface area contributed by atoms with E-state index in [-0.39, 0.29) is 12.4 Å². The molecule has 5 heteroatoms. The summed E-state index contributed by atoms with van der Waals surface area (Å²) in [4.78, 5) is 0. The number of rotatable bonds is 5. The largest absolute Gasteiger partial charge is 0.483 e. The Labute approximate surface area is 121 Å². The molecule has 0 aliphatic rings. The molecule has 2 aromatic rings. The SMILES string of the molecule is CNCc1cc(F)c(OCc2ccc(F)cc2C)c(F)c1. The van der Waals surface area contributed by atoms with Gasteiger partial charge >= 0.3 is 0 Å². The van der Waals surface area contributed by atoms with E-state index in [1.54, 1.807) is 14.0 Å². The number of nitrogens with one attached hydrogen (secondary N) is 1. The number of hydrogen-bond donors (Lipinski definition) is 1. The molecule has 0 spiro atoms. The third-order valence-corrected chi connectivity index (χ3v) is 3.12. The zero-order valence-electron chi connectivity index (χ0n) is 11.8. The molecule has 0 fully saturated rings. The Morgan fingerprint density at radius 3 is 2.29 bits per heavy atom. The second-order valence-corrected chi connectivity index (χ2v) is 4.78. The summed E-state index contributed by atoms with van der Waals surface area (Å²) in [5.41, 5.74) is 1.84. The lowest BCUT2D eigenvalue weighted by molar-refractivity contribution is 0.273. The minimum atomic E-state index is -0.750. The van der Waals surface area contributed by atoms with Gasteiger partial charge in [0.25, 0.3) is 0 Å². The van der Waals surface area contributed by atoms with E-state index in [0.717, 1.165) is 0 Å². The van der Waals surface area contributed by atoms with Gasteiger partial charge in [0.2, 0.25) is 0 Å². The second-order valence-electron chi connectivity index (χ2n) is 4.78. The number of halogens is 3. The fourth-order valence-electron chi connectivity index (χ4n) is 2.03. The Bertz CT molecular complexity index is 620. The van der Waals surface area contributed by atoms with Gasteiger partial charge in [0, 0.05) is 6.54 Å². The molecule has 0 aliphatic heterocycles. The van der Waals surface area contributed by atoms with E-state index in [4.69, 9.17) is 4.74 Å². The summed E-state index contributed by atoms with van der Waals surface area (Å²) in [5.74, 6) is -2.27. The molecular weight excluding hydrogens is 279 g/mol. The number of ether oxygens (including phenoxy) is 1. The van der Waals surface area contributed by atoms with Gasteiger partial charge in [-0.15, -0.1) is 0 Å². The van der Waals surface area contributed by atoms with Gasteiger partial charge in [-0.1, -0.05) is 6.07 Å². The van der Waals surface area contributed by atoms with Gasteiger partial charge in [-0.05, 0) is 54.9 Å². The molecule has 0 saturated carbocycles. The fourth-order valence-corrected chi connectivity index (χ4v) is 2.03. The predicted octanol–water partition coefficient (Wildman–Crippen LogP) is 3.71. The number of benzene rings is 2. The topological polar surface area (TPSA) is 21.3 Å². The van der Waals surface area contributed by atoms with Crippen molar-refractivity contribution in [3.63, 3.8) is 0 Å². The first-order valence-electron chi connectivity index (χ1n) is 6.51. The summed E-state index contributed by atoms with van der Waals surface area (Å²) in [6.45, 7) is 2.06. The summed E-state index contributed by atoms with van der Waals surface area (Å²) in [5, 5.41) is 2.82. The molecule has 112 valence electrons. The average molecular weight is 295 g/mol. The molecule has 0 radical (unpaired) electrons. The van der Waals surface area contributed by atoms with Gasteiger partial charge in [-0.3, -0.25) is 0 Å². The second kappa shape index (κ2) is 6.63. The van der Waals surface area contributed by atoms with Crippen LogP contribution in [0.25, 0.3) is 0 Å². The van der Waals surface area contributed by atoms with Crippen LogP contribution in [0.3, 0.4) is 0 Å². The van der Waals surface area contributed by atoms with Crippen LogP contribution in [0.2, 0.25) is 0 Å². The third kappa shape index (κ3) is 3.76. The van der Waals surface area contributed by atoms with Crippen LogP contribution in [0.5, 0.6) is 5.75 Å². The lowest BCUT2D eigenvalue weighted by atomic mass is 10.1. The molecular formula is C16H16F3NO. The molecule has 0 heterocycles. The van der Waals surface area contributed by atoms with Crippen LogP contribution >= 0.6 is 0 Å². The normalized spacial score (nSPS) is 10.7. The van der Waals surface area contributed by atoms with Crippen LogP contribution in [-0.2, 0) is 13.2 Å². The summed E-state index contributed by atoms with van der Waals surface area (Å²) in [7, 11) is 1.69. The molecule has 0 bridgehead atoms. The molecule has 0 aromatic heterocycles. The highest BCUT2D eigenvalue weighted by molar-refractivity contribution is 5.32. The van der Waals surface area contributed by atoms with E-state index >= 15 is 0 Å². The number of hydrogen-bond acceptors (Lipinski definition) is 2. The Balaban J connectivity index is 2.16. The van der Waals surface area contributed by atoms with E-state index in [2.05, 4.69) is 5.32 Å². The molecule has 1 N–H and O–H groups in total. The highest BCUT2D eigenvalue weighted by atomic mass is 19.1. The van der Waals surface area contributed by atoms with Gasteiger partial charge in [0.15, 0.2) is 17.4 Å². The molecule has 2 rings (SSSR count). The van der Waals surface area contributed by atoms with Crippen molar-refractivity contribution in [3.8, 4) is 5.75 Å². The van der Waals surface area contributed by atoms with Gasteiger partial charge in [0.05, 0.1) is 0 Å². The van der Waals surface area contributed by atoms with Crippen molar-refractivity contribution in [2.45, 2.75) is 20.1 Å². The van der Waals surface area contributed by atoms with Crippen molar-refractivity contribution in [1.29, 1.82) is 0 Å². The minimum absolute atomic E-state index is 0.0225. The highest BCUT2D eigenvalue weighted by Gasteiger charge is 2.13. The molecule has 0 aliphatic carbocycles. The van der Waals surface area contributed by atoms with E-state index in [0.29, 0.717) is 23.2 Å². The van der Waals surface area contributed by atoms with Crippen LogP contribution in [0.4, 0.5) is 13.2 Å². The van der Waals surface area contributed by atoms with Crippen molar-refractivity contribution in [2.75, 3.05) is 7.05 Å². The van der Waals surface area contributed by atoms with Crippen LogP contribution in [0.15, 0.2) is 30.3 Å². The van der Waals surface area contributed by atoms with Crippen molar-refractivity contribution < 1.29 is 17.9 Å². The maximum absolute atomic E-state index is 13.8. The smallest absolute Gasteiger partial charge is 0.191 e. The van der Waals surface area contributed by atoms with E-state index in [1.165, 1.54) is 30.3 Å². The Morgan fingerprint density at radius 1 is 1.05 bits per heavy atom. The predicted molar refractivity (Wildman–Crippen MR) is 74.6 cm³/mol. The van der Waals surface area contributed by atoms with Gasteiger partial charge in [-0.2, -0.15) is 0 Å². The van der Waals surface area contributed by atoms with Crippen LogP contribution in [-0.4, -0.2) is 7.05 Å². The minimum Gasteiger partial charge on any atom is -0.483 e. The van der Waals surface area contributed by atoms with Crippen molar-refractivity contribution in [1.82, 2.24) is 5.32 Å². The maximum Gasteiger partial charge on any atom is 0.191 e. The van der Waals surface area contributed by atoms with Gasteiger partial charge in [0.1, 0.15) is 12.4 Å². The third-order valence-electron chi connectivity index (χ3n) is 3.12. The van der Waals surface area contributed by atoms with Crippen LogP contribution < -0.4 is 10.1 Å². The lowest BCUT2D eigenvalue weighted by Crippen LogP contribution is -2.07. The lowest BCUT2D eigenvalue weighted by Gasteiger charge is -2.11. The van der Waals surface area contributed by atoms with E-state index in [1.807, 2.05) is 0 Å². The standard InChI is InChI=1S/C16H16F3NO/c1-10-5-13(17)4-3-12(10)9-21-16-14(18)6-11(8-20-2)7-15(16)19/h3-7,20H,8-9H2,1-2H3. The van der Waals surface area contributed by atoms with Crippen LogP contribution in [0.1, 0.15) is 16.7 Å². The first-order chi connectivity index (χ1) is 10.0. The average Bonchev–Trinajstić information content (AvgIpc) is 2.40. The quantitative estimate of drug-likeness (QED) is 0.908. The molecule has 0 unspecified atom stereocenters. The Kier molecular flexibility index (Phi) is 4.85. The van der Waals surface area contributed by atoms with Crippen molar-refractivity contribution >= 4 is 0 Å². The molecule has 0 saturated heterocycles. The summed E-state index contributed by atoms with van der Waals surface area (Å²) >= 11 is 0. The molecule has 0 atom stereocenters. The van der Waals surface area contributed by atoms with Gasteiger partial charge in [-0.25, -0.2) is 13.2 Å². The Hall–Kier alpha value is -2.01. The van der Waals surface area contributed by atoms with E-state index in [9.17, 15) is 13.2 Å². The molecule has 21 heavy (non-hydrogen) atoms. The Morgan fingerprint density at radius 2 is 1.71 bits per heavy atom. The zero-order chi connectivity index (χ0) is 15.4. The first kappa shape index (κ1) is 15.4. The summed E-state index contributed by atoms with van der Waals surface area (Å²) in [6, 6.07) is 6.63. The maximum atomic E-state index is 13.8. The first-order valence-corrected chi connectivity index (χ1v) is 6.51. The highest BCUT2D eigenvalue weighted by Crippen LogP contribution is 2.25. The monoisotopic (exact) mass is 295 g/mol. The molecule has 2 aromatic carbocycles. The van der Waals surface area contributed by atoms with Crippen molar-refractivity contribution in [2.24, 2.45) is 0 Å². The number of aryl methyl sites for hydroxylation is 1. The van der Waals surface area contributed by atoms with Gasteiger partial charge < -0.3 is 10.1 Å². The van der Waals surface area contributed by atoms with Crippen molar-refractivity contribution in [3.05, 3.63) is 64.5 Å². The summed E-state index contributed by atoms with van der Waals surface area (Å²) in [6.07, 6.45) is 0. The fraction of sp³-hybridized carbons (Fsp3) is 0.250. The molecule has 0 amide bonds. The summed E-state index contributed by atoms with van der Waals surface area (Å²) < 4.78 is 45.9. The van der Waals surface area contributed by atoms with Crippen LogP contribution in [0, 0.1) is 24.4 Å².